The third kappa shape index (κ3) is 4.39. The van der Waals surface area contributed by atoms with E-state index in [2.05, 4.69) is 5.32 Å². The summed E-state index contributed by atoms with van der Waals surface area (Å²) in [7, 11) is 0. The van der Waals surface area contributed by atoms with Crippen LogP contribution < -0.4 is 5.32 Å². The highest BCUT2D eigenvalue weighted by atomic mass is 35.5. The van der Waals surface area contributed by atoms with Gasteiger partial charge in [0.25, 0.3) is 0 Å². The van der Waals surface area contributed by atoms with Crippen LogP contribution in [0, 0.1) is 0 Å². The van der Waals surface area contributed by atoms with Crippen LogP contribution in [-0.4, -0.2) is 23.0 Å². The molecule has 1 aromatic carbocycles. The number of carbonyl (C=O) groups is 2. The van der Waals surface area contributed by atoms with Crippen LogP contribution in [0.1, 0.15) is 12.5 Å². The Morgan fingerprint density at radius 1 is 1.39 bits per heavy atom. The Hall–Kier alpha value is -1.52. The fourth-order valence-corrected chi connectivity index (χ4v) is 1.60. The number of rotatable bonds is 4. The van der Waals surface area contributed by atoms with Crippen molar-refractivity contribution in [3.8, 4) is 0 Å². The van der Waals surface area contributed by atoms with E-state index < -0.39 is 17.9 Å². The van der Waals surface area contributed by atoms with E-state index in [1.54, 1.807) is 18.2 Å². The summed E-state index contributed by atoms with van der Waals surface area (Å²) in [6.45, 7) is 1.38. The Balaban J connectivity index is 2.69. The number of benzene rings is 1. The molecule has 0 heterocycles. The molecule has 18 heavy (non-hydrogen) atoms. The van der Waals surface area contributed by atoms with Crippen LogP contribution in [0.5, 0.6) is 0 Å². The molecule has 0 aromatic heterocycles. The second-order valence-corrected chi connectivity index (χ2v) is 4.41. The fraction of sp³-hybridized carbons (Fsp3) is 0.167. The first-order chi connectivity index (χ1) is 8.40. The number of carboxylic acids is 1. The maximum absolute atomic E-state index is 11.4. The zero-order valence-electron chi connectivity index (χ0n) is 9.48. The molecular formula is C12H11Cl2NO3. The summed E-state index contributed by atoms with van der Waals surface area (Å²) in [6.07, 6.45) is 2.71. The largest absolute Gasteiger partial charge is 0.480 e. The van der Waals surface area contributed by atoms with E-state index in [1.165, 1.54) is 19.1 Å². The first-order valence-corrected chi connectivity index (χ1v) is 5.82. The lowest BCUT2D eigenvalue weighted by Crippen LogP contribution is -2.37. The summed E-state index contributed by atoms with van der Waals surface area (Å²) in [5, 5.41) is 11.8. The van der Waals surface area contributed by atoms with Crippen LogP contribution in [0.3, 0.4) is 0 Å². The van der Waals surface area contributed by atoms with Gasteiger partial charge in [-0.05, 0) is 30.7 Å². The van der Waals surface area contributed by atoms with Crippen molar-refractivity contribution in [3.05, 3.63) is 39.9 Å². The van der Waals surface area contributed by atoms with Gasteiger partial charge < -0.3 is 10.4 Å². The number of aliphatic carboxylic acids is 1. The molecule has 1 atom stereocenters. The van der Waals surface area contributed by atoms with Crippen molar-refractivity contribution in [1.82, 2.24) is 5.32 Å². The molecule has 1 aromatic rings. The second-order valence-electron chi connectivity index (χ2n) is 3.57. The lowest BCUT2D eigenvalue weighted by atomic mass is 10.2. The fourth-order valence-electron chi connectivity index (χ4n) is 1.13. The molecule has 1 amide bonds. The second kappa shape index (κ2) is 6.42. The van der Waals surface area contributed by atoms with Crippen molar-refractivity contribution in [2.45, 2.75) is 13.0 Å². The number of nitrogens with one attached hydrogen (secondary N) is 1. The van der Waals surface area contributed by atoms with Gasteiger partial charge in [-0.3, -0.25) is 9.59 Å². The molecule has 4 nitrogen and oxygen atoms in total. The predicted molar refractivity (Wildman–Crippen MR) is 70.7 cm³/mol. The van der Waals surface area contributed by atoms with E-state index in [9.17, 15) is 9.59 Å². The average Bonchev–Trinajstić information content (AvgIpc) is 2.27. The Bertz CT molecular complexity index is 500. The minimum atomic E-state index is -1.10. The zero-order valence-corrected chi connectivity index (χ0v) is 11.0. The molecule has 0 radical (unpaired) electrons. The van der Waals surface area contributed by atoms with Crippen LogP contribution in [0.15, 0.2) is 24.3 Å². The predicted octanol–water partition coefficient (Wildman–Crippen LogP) is 2.60. The SMILES string of the molecule is C[C@H](NC(=O)/C=C/c1ccc(Cl)cc1Cl)C(=O)O. The van der Waals surface area contributed by atoms with Gasteiger partial charge in [0, 0.05) is 16.1 Å². The molecule has 0 spiro atoms. The number of hydrogen-bond acceptors (Lipinski definition) is 2. The summed E-state index contributed by atoms with van der Waals surface area (Å²) in [6, 6.07) is 3.92. The molecule has 0 bridgehead atoms. The maximum Gasteiger partial charge on any atom is 0.325 e. The molecule has 96 valence electrons. The highest BCUT2D eigenvalue weighted by Gasteiger charge is 2.11. The number of carbonyl (C=O) groups excluding carboxylic acids is 1. The number of halogens is 2. The lowest BCUT2D eigenvalue weighted by molar-refractivity contribution is -0.140. The minimum absolute atomic E-state index is 0.415. The lowest BCUT2D eigenvalue weighted by Gasteiger charge is -2.06. The molecular weight excluding hydrogens is 277 g/mol. The summed E-state index contributed by atoms with van der Waals surface area (Å²) in [4.78, 5) is 21.9. The van der Waals surface area contributed by atoms with E-state index in [0.717, 1.165) is 0 Å². The topological polar surface area (TPSA) is 66.4 Å². The van der Waals surface area contributed by atoms with E-state index in [-0.39, 0.29) is 0 Å². The van der Waals surface area contributed by atoms with Gasteiger partial charge in [0.2, 0.25) is 5.91 Å². The van der Waals surface area contributed by atoms with Crippen LogP contribution in [0.2, 0.25) is 10.0 Å². The van der Waals surface area contributed by atoms with Crippen molar-refractivity contribution in [2.75, 3.05) is 0 Å². The number of hydrogen-bond donors (Lipinski definition) is 2. The number of carboxylic acid groups (broad SMARTS) is 1. The first kappa shape index (κ1) is 14.5. The monoisotopic (exact) mass is 287 g/mol. The van der Waals surface area contributed by atoms with E-state index >= 15 is 0 Å². The van der Waals surface area contributed by atoms with Gasteiger partial charge >= 0.3 is 5.97 Å². The Labute approximate surface area is 114 Å². The quantitative estimate of drug-likeness (QED) is 0.837. The summed E-state index contributed by atoms with van der Waals surface area (Å²) < 4.78 is 0. The van der Waals surface area contributed by atoms with Gasteiger partial charge in [-0.2, -0.15) is 0 Å². The summed E-state index contributed by atoms with van der Waals surface area (Å²) in [5.41, 5.74) is 0.624. The van der Waals surface area contributed by atoms with E-state index in [1.807, 2.05) is 0 Å². The van der Waals surface area contributed by atoms with Crippen molar-refractivity contribution >= 4 is 41.2 Å². The third-order valence-electron chi connectivity index (χ3n) is 2.11. The van der Waals surface area contributed by atoms with Crippen LogP contribution >= 0.6 is 23.2 Å². The van der Waals surface area contributed by atoms with Gasteiger partial charge in [0.1, 0.15) is 6.04 Å². The van der Waals surface area contributed by atoms with E-state index in [0.29, 0.717) is 15.6 Å². The first-order valence-electron chi connectivity index (χ1n) is 5.06. The highest BCUT2D eigenvalue weighted by molar-refractivity contribution is 6.35. The van der Waals surface area contributed by atoms with Crippen LogP contribution in [0.4, 0.5) is 0 Å². The third-order valence-corrected chi connectivity index (χ3v) is 2.67. The molecule has 6 heteroatoms. The zero-order chi connectivity index (χ0) is 13.7. The molecule has 0 unspecified atom stereocenters. The Morgan fingerprint density at radius 3 is 2.61 bits per heavy atom. The van der Waals surface area contributed by atoms with E-state index in [4.69, 9.17) is 28.3 Å². The normalized spacial score (nSPS) is 12.4. The molecule has 0 saturated heterocycles. The standard InChI is InChI=1S/C12H11Cl2NO3/c1-7(12(17)18)15-11(16)5-3-8-2-4-9(13)6-10(8)14/h2-7H,1H3,(H,15,16)(H,17,18)/b5-3+/t7-/m0/s1. The van der Waals surface area contributed by atoms with Crippen molar-refractivity contribution in [2.24, 2.45) is 0 Å². The van der Waals surface area contributed by atoms with Gasteiger partial charge in [-0.25, -0.2) is 0 Å². The minimum Gasteiger partial charge on any atom is -0.480 e. The Kier molecular flexibility index (Phi) is 5.19. The van der Waals surface area contributed by atoms with Gasteiger partial charge in [0.15, 0.2) is 0 Å². The Morgan fingerprint density at radius 2 is 2.06 bits per heavy atom. The number of amides is 1. The molecule has 0 saturated carbocycles. The van der Waals surface area contributed by atoms with Gasteiger partial charge in [-0.15, -0.1) is 0 Å². The summed E-state index contributed by atoms with van der Waals surface area (Å²) in [5.74, 6) is -1.60. The molecule has 1 rings (SSSR count). The van der Waals surface area contributed by atoms with Crippen molar-refractivity contribution < 1.29 is 14.7 Å². The molecule has 2 N–H and O–H groups in total. The molecule has 0 aliphatic rings. The van der Waals surface area contributed by atoms with Crippen molar-refractivity contribution in [3.63, 3.8) is 0 Å². The highest BCUT2D eigenvalue weighted by Crippen LogP contribution is 2.21. The van der Waals surface area contributed by atoms with Crippen molar-refractivity contribution in [1.29, 1.82) is 0 Å². The molecule has 0 aliphatic carbocycles. The maximum atomic E-state index is 11.4. The molecule has 0 aliphatic heterocycles. The smallest absolute Gasteiger partial charge is 0.325 e. The average molecular weight is 288 g/mol. The van der Waals surface area contributed by atoms with Crippen LogP contribution in [-0.2, 0) is 9.59 Å². The van der Waals surface area contributed by atoms with Gasteiger partial charge in [0.05, 0.1) is 0 Å². The van der Waals surface area contributed by atoms with Crippen LogP contribution in [0.25, 0.3) is 6.08 Å². The summed E-state index contributed by atoms with van der Waals surface area (Å²) >= 11 is 11.6. The van der Waals surface area contributed by atoms with Gasteiger partial charge in [-0.1, -0.05) is 29.3 Å². The molecule has 0 fully saturated rings.